The van der Waals surface area contributed by atoms with Gasteiger partial charge >= 0.3 is 11.9 Å². The number of carbonyl (C=O) groups excluding carboxylic acids is 2. The summed E-state index contributed by atoms with van der Waals surface area (Å²) >= 11 is 0. The molecule has 30 heavy (non-hydrogen) atoms. The van der Waals surface area contributed by atoms with Crippen LogP contribution in [-0.2, 0) is 25.5 Å². The van der Waals surface area contributed by atoms with Gasteiger partial charge < -0.3 is 14.4 Å². The molecule has 0 aliphatic carbocycles. The summed E-state index contributed by atoms with van der Waals surface area (Å²) in [6.07, 6.45) is 4.45. The second-order valence-corrected chi connectivity index (χ2v) is 7.21. The summed E-state index contributed by atoms with van der Waals surface area (Å²) < 4.78 is 10.1. The number of hydrogen-bond donors (Lipinski definition) is 0. The Morgan fingerprint density at radius 2 is 1.43 bits per heavy atom. The molecule has 0 spiro atoms. The third-order valence-corrected chi connectivity index (χ3v) is 5.49. The molecule has 0 saturated heterocycles. The Balaban J connectivity index is 2.11. The van der Waals surface area contributed by atoms with E-state index in [4.69, 9.17) is 9.47 Å². The highest BCUT2D eigenvalue weighted by Gasteiger charge is 2.36. The average Bonchev–Trinajstić information content (AvgIpc) is 2.82. The monoisotopic (exact) mass is 405 g/mol. The number of hydrogen-bond acceptors (Lipinski definition) is 5. The van der Waals surface area contributed by atoms with E-state index in [0.717, 1.165) is 17.5 Å². The molecule has 0 bridgehead atoms. The molecule has 0 amide bonds. The maximum atomic E-state index is 12.7. The molecule has 2 aromatic carbocycles. The second-order valence-electron chi connectivity index (χ2n) is 7.21. The molecular formula is C25H27NO4. The predicted octanol–water partition coefficient (Wildman–Crippen LogP) is 4.52. The van der Waals surface area contributed by atoms with Crippen LogP contribution in [0.2, 0.25) is 0 Å². The number of rotatable bonds is 6. The van der Waals surface area contributed by atoms with Crippen LogP contribution in [0.15, 0.2) is 78.1 Å². The molecule has 5 nitrogen and oxygen atoms in total. The van der Waals surface area contributed by atoms with Crippen molar-refractivity contribution in [1.29, 1.82) is 0 Å². The lowest BCUT2D eigenvalue weighted by atomic mass is 9.82. The quantitative estimate of drug-likeness (QED) is 0.661. The van der Waals surface area contributed by atoms with Gasteiger partial charge in [0, 0.05) is 12.4 Å². The Kier molecular flexibility index (Phi) is 6.72. The molecule has 1 heterocycles. The maximum Gasteiger partial charge on any atom is 0.336 e. The van der Waals surface area contributed by atoms with E-state index in [2.05, 4.69) is 6.92 Å². The van der Waals surface area contributed by atoms with E-state index in [0.29, 0.717) is 11.1 Å². The highest BCUT2D eigenvalue weighted by atomic mass is 16.5. The maximum absolute atomic E-state index is 12.7. The molecule has 156 valence electrons. The Hall–Kier alpha value is -3.34. The number of methoxy groups -OCH3 is 2. The van der Waals surface area contributed by atoms with Crippen molar-refractivity contribution in [2.24, 2.45) is 0 Å². The summed E-state index contributed by atoms with van der Waals surface area (Å²) in [6.45, 7) is 4.10. The number of nitrogens with zero attached hydrogens (tertiary/aromatic N) is 1. The van der Waals surface area contributed by atoms with Gasteiger partial charge in [0.2, 0.25) is 0 Å². The zero-order valence-corrected chi connectivity index (χ0v) is 17.8. The first-order valence-electron chi connectivity index (χ1n) is 10.0. The van der Waals surface area contributed by atoms with Gasteiger partial charge in [0.15, 0.2) is 0 Å². The van der Waals surface area contributed by atoms with Crippen molar-refractivity contribution in [3.63, 3.8) is 0 Å². The van der Waals surface area contributed by atoms with Gasteiger partial charge in [-0.1, -0.05) is 61.5 Å². The first-order valence-corrected chi connectivity index (χ1v) is 10.0. The smallest absolute Gasteiger partial charge is 0.336 e. The van der Waals surface area contributed by atoms with Crippen LogP contribution in [0.25, 0.3) is 0 Å². The molecule has 1 atom stereocenters. The first kappa shape index (κ1) is 21.4. The van der Waals surface area contributed by atoms with Gasteiger partial charge in [-0.05, 0) is 30.0 Å². The van der Waals surface area contributed by atoms with Crippen LogP contribution in [0, 0.1) is 0 Å². The minimum absolute atomic E-state index is 0.0890. The zero-order valence-electron chi connectivity index (χ0n) is 17.8. The van der Waals surface area contributed by atoms with Crippen molar-refractivity contribution in [1.82, 2.24) is 4.90 Å². The summed E-state index contributed by atoms with van der Waals surface area (Å²) in [4.78, 5) is 27.3. The number of benzene rings is 2. The van der Waals surface area contributed by atoms with Gasteiger partial charge in [0.1, 0.15) is 0 Å². The van der Waals surface area contributed by atoms with E-state index in [-0.39, 0.29) is 6.04 Å². The third kappa shape index (κ3) is 4.30. The minimum Gasteiger partial charge on any atom is -0.466 e. The molecule has 1 aliphatic heterocycles. The topological polar surface area (TPSA) is 55.8 Å². The lowest BCUT2D eigenvalue weighted by Crippen LogP contribution is -2.30. The Labute approximate surface area is 177 Å². The molecule has 0 radical (unpaired) electrons. The number of aryl methyl sites for hydroxylation is 1. The highest BCUT2D eigenvalue weighted by Crippen LogP contribution is 2.39. The van der Waals surface area contributed by atoms with E-state index < -0.39 is 17.9 Å². The number of ether oxygens (including phenoxy) is 2. The second kappa shape index (κ2) is 9.44. The summed E-state index contributed by atoms with van der Waals surface area (Å²) in [5.74, 6) is -1.51. The lowest BCUT2D eigenvalue weighted by Gasteiger charge is -2.33. The van der Waals surface area contributed by atoms with Crippen molar-refractivity contribution in [2.45, 2.75) is 32.2 Å². The van der Waals surface area contributed by atoms with Crippen molar-refractivity contribution in [3.8, 4) is 0 Å². The summed E-state index contributed by atoms with van der Waals surface area (Å²) in [6, 6.07) is 17.7. The van der Waals surface area contributed by atoms with Crippen molar-refractivity contribution in [3.05, 3.63) is 94.8 Å². The van der Waals surface area contributed by atoms with E-state index >= 15 is 0 Å². The van der Waals surface area contributed by atoms with E-state index in [1.807, 2.05) is 66.4 Å². The van der Waals surface area contributed by atoms with Crippen molar-refractivity contribution in [2.75, 3.05) is 14.2 Å². The van der Waals surface area contributed by atoms with Crippen LogP contribution in [0.3, 0.4) is 0 Å². The van der Waals surface area contributed by atoms with Gasteiger partial charge in [-0.15, -0.1) is 0 Å². The van der Waals surface area contributed by atoms with E-state index in [1.54, 1.807) is 12.4 Å². The van der Waals surface area contributed by atoms with Crippen molar-refractivity contribution >= 4 is 11.9 Å². The Morgan fingerprint density at radius 3 is 1.90 bits per heavy atom. The van der Waals surface area contributed by atoms with Crippen LogP contribution < -0.4 is 0 Å². The van der Waals surface area contributed by atoms with Crippen LogP contribution in [-0.4, -0.2) is 31.1 Å². The fraction of sp³-hybridized carbons (Fsp3) is 0.280. The molecule has 1 aliphatic rings. The Morgan fingerprint density at radius 1 is 0.900 bits per heavy atom. The standard InChI is InChI=1S/C25H27NO4/c1-5-18-11-13-20(14-12-18)23-21(24(27)29-3)15-26(16-22(23)25(28)30-4)17(2)19-9-7-6-8-10-19/h6-17,23H,5H2,1-4H3. The first-order chi connectivity index (χ1) is 14.5. The molecule has 0 fully saturated rings. The fourth-order valence-electron chi connectivity index (χ4n) is 3.68. The van der Waals surface area contributed by atoms with Crippen LogP contribution >= 0.6 is 0 Å². The van der Waals surface area contributed by atoms with E-state index in [1.165, 1.54) is 19.8 Å². The minimum atomic E-state index is -0.560. The summed E-state index contributed by atoms with van der Waals surface area (Å²) in [5.41, 5.74) is 3.87. The van der Waals surface area contributed by atoms with Crippen LogP contribution in [0.1, 0.15) is 42.5 Å². The fourth-order valence-corrected chi connectivity index (χ4v) is 3.68. The average molecular weight is 405 g/mol. The van der Waals surface area contributed by atoms with Gasteiger partial charge in [0.05, 0.1) is 37.3 Å². The summed E-state index contributed by atoms with van der Waals surface area (Å²) in [7, 11) is 2.70. The third-order valence-electron chi connectivity index (χ3n) is 5.49. The Bertz CT molecular complexity index is 926. The predicted molar refractivity (Wildman–Crippen MR) is 115 cm³/mol. The molecule has 5 heteroatoms. The normalized spacial score (nSPS) is 15.1. The van der Waals surface area contributed by atoms with E-state index in [9.17, 15) is 9.59 Å². The van der Waals surface area contributed by atoms with Gasteiger partial charge in [-0.3, -0.25) is 0 Å². The van der Waals surface area contributed by atoms with Crippen molar-refractivity contribution < 1.29 is 19.1 Å². The molecule has 2 aromatic rings. The van der Waals surface area contributed by atoms with Gasteiger partial charge in [-0.25, -0.2) is 9.59 Å². The van der Waals surface area contributed by atoms with Crippen LogP contribution in [0.4, 0.5) is 0 Å². The lowest BCUT2D eigenvalue weighted by molar-refractivity contribution is -0.137. The molecule has 0 aromatic heterocycles. The number of carbonyl (C=O) groups is 2. The molecule has 0 N–H and O–H groups in total. The summed E-state index contributed by atoms with van der Waals surface area (Å²) in [5, 5.41) is 0. The number of esters is 2. The molecule has 1 unspecified atom stereocenters. The van der Waals surface area contributed by atoms with Crippen LogP contribution in [0.5, 0.6) is 0 Å². The zero-order chi connectivity index (χ0) is 21.7. The molecular weight excluding hydrogens is 378 g/mol. The van der Waals surface area contributed by atoms with Gasteiger partial charge in [0.25, 0.3) is 0 Å². The molecule has 3 rings (SSSR count). The largest absolute Gasteiger partial charge is 0.466 e. The highest BCUT2D eigenvalue weighted by molar-refractivity contribution is 5.98. The van der Waals surface area contributed by atoms with Gasteiger partial charge in [-0.2, -0.15) is 0 Å². The molecule has 0 saturated carbocycles. The SMILES string of the molecule is CCc1ccc(C2C(C(=O)OC)=CN(C(C)c3ccccc3)C=C2C(=O)OC)cc1.